The second-order valence-electron chi connectivity index (χ2n) is 7.16. The van der Waals surface area contributed by atoms with Crippen LogP contribution in [0.5, 0.6) is 5.75 Å². The predicted octanol–water partition coefficient (Wildman–Crippen LogP) is 1.08. The molecule has 0 fully saturated rings. The number of nitrogens with one attached hydrogen (secondary N) is 1. The lowest BCUT2D eigenvalue weighted by molar-refractivity contribution is 0.0938. The molecule has 2 N–H and O–H groups in total. The van der Waals surface area contributed by atoms with E-state index in [4.69, 9.17) is 4.74 Å². The van der Waals surface area contributed by atoms with Gasteiger partial charge in [0, 0.05) is 20.1 Å². The van der Waals surface area contributed by atoms with Crippen molar-refractivity contribution in [2.45, 2.75) is 39.0 Å². The molecule has 0 bridgehead atoms. The number of para-hydroxylation sites is 1. The molecule has 29 heavy (non-hydrogen) atoms. The first-order valence-electron chi connectivity index (χ1n) is 9.62. The summed E-state index contributed by atoms with van der Waals surface area (Å²) in [5.74, 6) is 1.09. The number of imidazole rings is 1. The summed E-state index contributed by atoms with van der Waals surface area (Å²) in [5, 5.41) is 13.8. The minimum absolute atomic E-state index is 0.0541. The molecule has 3 aromatic rings. The summed E-state index contributed by atoms with van der Waals surface area (Å²) < 4.78 is 9.63. The monoisotopic (exact) mass is 401 g/mol. The maximum absolute atomic E-state index is 12.8. The number of aromatic nitrogens is 4. The Hall–Kier alpha value is -3.07. The number of anilines is 1. The van der Waals surface area contributed by atoms with E-state index in [0.717, 1.165) is 11.0 Å². The molecule has 0 radical (unpaired) electrons. The van der Waals surface area contributed by atoms with Gasteiger partial charge in [0.15, 0.2) is 11.2 Å². The Bertz CT molecular complexity index is 1100. The van der Waals surface area contributed by atoms with Crippen molar-refractivity contribution < 1.29 is 9.84 Å². The fourth-order valence-corrected chi connectivity index (χ4v) is 3.03. The first-order valence-corrected chi connectivity index (χ1v) is 9.62. The number of nitrogens with zero attached hydrogens (tertiary/aromatic N) is 4. The molecule has 0 aliphatic rings. The van der Waals surface area contributed by atoms with E-state index in [1.807, 2.05) is 32.0 Å². The van der Waals surface area contributed by atoms with Crippen LogP contribution in [0.3, 0.4) is 0 Å². The zero-order valence-electron chi connectivity index (χ0n) is 17.1. The van der Waals surface area contributed by atoms with Crippen LogP contribution in [-0.2, 0) is 20.6 Å². The van der Waals surface area contributed by atoms with Crippen molar-refractivity contribution >= 4 is 17.1 Å². The third-order valence-electron chi connectivity index (χ3n) is 4.91. The van der Waals surface area contributed by atoms with Gasteiger partial charge in [0.1, 0.15) is 18.5 Å². The van der Waals surface area contributed by atoms with Crippen LogP contribution in [0.4, 0.5) is 5.95 Å². The number of hydrogen-bond acceptors (Lipinski definition) is 6. The second-order valence-corrected chi connectivity index (χ2v) is 7.16. The van der Waals surface area contributed by atoms with Crippen LogP contribution in [0.15, 0.2) is 39.9 Å². The van der Waals surface area contributed by atoms with E-state index in [2.05, 4.69) is 10.3 Å². The van der Waals surface area contributed by atoms with E-state index < -0.39 is 17.4 Å². The number of ether oxygens (including phenoxy) is 1. The van der Waals surface area contributed by atoms with Gasteiger partial charge in [0.05, 0.1) is 6.54 Å². The molecule has 2 heterocycles. The van der Waals surface area contributed by atoms with Gasteiger partial charge in [-0.1, -0.05) is 25.1 Å². The maximum Gasteiger partial charge on any atom is 0.332 e. The average Bonchev–Trinajstić information content (AvgIpc) is 3.07. The second kappa shape index (κ2) is 8.52. The van der Waals surface area contributed by atoms with Gasteiger partial charge in [0.2, 0.25) is 5.95 Å². The molecule has 9 nitrogen and oxygen atoms in total. The lowest BCUT2D eigenvalue weighted by atomic mass is 10.3. The zero-order valence-corrected chi connectivity index (χ0v) is 17.1. The summed E-state index contributed by atoms with van der Waals surface area (Å²) >= 11 is 0. The van der Waals surface area contributed by atoms with Crippen molar-refractivity contribution in [3.8, 4) is 5.75 Å². The van der Waals surface area contributed by atoms with Crippen LogP contribution >= 0.6 is 0 Å². The summed E-state index contributed by atoms with van der Waals surface area (Å²) in [7, 11) is 3.00. The molecule has 9 heteroatoms. The van der Waals surface area contributed by atoms with Crippen molar-refractivity contribution in [3.63, 3.8) is 0 Å². The minimum atomic E-state index is -0.882. The summed E-state index contributed by atoms with van der Waals surface area (Å²) in [6.07, 6.45) is -0.0353. The molecular weight excluding hydrogens is 374 g/mol. The van der Waals surface area contributed by atoms with Gasteiger partial charge in [-0.2, -0.15) is 4.98 Å². The van der Waals surface area contributed by atoms with Crippen molar-refractivity contribution in [1.82, 2.24) is 18.7 Å². The maximum atomic E-state index is 12.8. The van der Waals surface area contributed by atoms with Crippen LogP contribution in [-0.4, -0.2) is 42.5 Å². The summed E-state index contributed by atoms with van der Waals surface area (Å²) in [6.45, 7) is 4.17. The average molecular weight is 401 g/mol. The molecular formula is C20H27N5O4. The van der Waals surface area contributed by atoms with Gasteiger partial charge in [-0.15, -0.1) is 0 Å². The van der Waals surface area contributed by atoms with Crippen molar-refractivity contribution in [3.05, 3.63) is 51.2 Å². The van der Waals surface area contributed by atoms with Crippen molar-refractivity contribution in [2.24, 2.45) is 14.1 Å². The molecule has 0 amide bonds. The van der Waals surface area contributed by atoms with Crippen LogP contribution < -0.4 is 21.3 Å². The van der Waals surface area contributed by atoms with Crippen molar-refractivity contribution in [2.75, 3.05) is 11.9 Å². The third kappa shape index (κ3) is 4.19. The molecule has 1 aromatic carbocycles. The lowest BCUT2D eigenvalue weighted by Crippen LogP contribution is -2.38. The Morgan fingerprint density at radius 2 is 1.86 bits per heavy atom. The van der Waals surface area contributed by atoms with E-state index in [0.29, 0.717) is 11.7 Å². The first kappa shape index (κ1) is 20.7. The zero-order chi connectivity index (χ0) is 21.1. The molecule has 0 spiro atoms. The SMILES string of the molecule is CC[C@H](C)Nc1nc2c(c(=O)n(C)c(=O)n2C)n1C[C@H](O)COc1ccccc1. The Balaban J connectivity index is 1.98. The van der Waals surface area contributed by atoms with E-state index in [-0.39, 0.29) is 30.4 Å². The number of aliphatic hydroxyl groups is 1. The topological polar surface area (TPSA) is 103 Å². The molecule has 0 saturated heterocycles. The molecule has 3 rings (SSSR count). The van der Waals surface area contributed by atoms with Gasteiger partial charge in [-0.25, -0.2) is 4.79 Å². The highest BCUT2D eigenvalue weighted by Gasteiger charge is 2.21. The van der Waals surface area contributed by atoms with E-state index in [1.165, 1.54) is 11.6 Å². The van der Waals surface area contributed by atoms with E-state index in [9.17, 15) is 14.7 Å². The Labute approximate surface area is 168 Å². The van der Waals surface area contributed by atoms with Crippen LogP contribution in [0.25, 0.3) is 11.2 Å². The third-order valence-corrected chi connectivity index (χ3v) is 4.91. The Morgan fingerprint density at radius 1 is 1.17 bits per heavy atom. The van der Waals surface area contributed by atoms with E-state index >= 15 is 0 Å². The van der Waals surface area contributed by atoms with Gasteiger partial charge < -0.3 is 19.7 Å². The largest absolute Gasteiger partial charge is 0.491 e. The van der Waals surface area contributed by atoms with Crippen molar-refractivity contribution in [1.29, 1.82) is 0 Å². The molecule has 0 unspecified atom stereocenters. The predicted molar refractivity (Wildman–Crippen MR) is 112 cm³/mol. The first-order chi connectivity index (χ1) is 13.8. The highest BCUT2D eigenvalue weighted by molar-refractivity contribution is 5.74. The molecule has 2 atom stereocenters. The molecule has 0 aliphatic heterocycles. The number of benzene rings is 1. The van der Waals surface area contributed by atoms with Gasteiger partial charge in [-0.05, 0) is 25.5 Å². The summed E-state index contributed by atoms with van der Waals surface area (Å²) in [6, 6.07) is 9.30. The number of aryl methyl sites for hydroxylation is 1. The molecule has 0 aliphatic carbocycles. The van der Waals surface area contributed by atoms with Gasteiger partial charge in [0.25, 0.3) is 5.56 Å². The summed E-state index contributed by atoms with van der Waals surface area (Å²) in [4.78, 5) is 29.6. The van der Waals surface area contributed by atoms with Gasteiger partial charge >= 0.3 is 5.69 Å². The summed E-state index contributed by atoms with van der Waals surface area (Å²) in [5.41, 5.74) is -0.363. The standard InChI is InChI=1S/C20H27N5O4/c1-5-13(2)21-19-22-17-16(18(27)24(4)20(28)23(17)3)25(19)11-14(26)12-29-15-9-7-6-8-10-15/h6-10,13-14,26H,5,11-12H2,1-4H3,(H,21,22)/t13-,14-/m0/s1. The van der Waals surface area contributed by atoms with Crippen LogP contribution in [0.1, 0.15) is 20.3 Å². The number of hydrogen-bond donors (Lipinski definition) is 2. The highest BCUT2D eigenvalue weighted by atomic mass is 16.5. The minimum Gasteiger partial charge on any atom is -0.491 e. The number of aliphatic hydroxyl groups excluding tert-OH is 1. The number of rotatable bonds is 8. The molecule has 156 valence electrons. The van der Waals surface area contributed by atoms with Crippen LogP contribution in [0, 0.1) is 0 Å². The molecule has 2 aromatic heterocycles. The fraction of sp³-hybridized carbons (Fsp3) is 0.450. The van der Waals surface area contributed by atoms with Crippen LogP contribution in [0.2, 0.25) is 0 Å². The highest BCUT2D eigenvalue weighted by Crippen LogP contribution is 2.18. The number of fused-ring (bicyclic) bond motifs is 1. The Kier molecular flexibility index (Phi) is 6.07. The van der Waals surface area contributed by atoms with Gasteiger partial charge in [-0.3, -0.25) is 13.9 Å². The fourth-order valence-electron chi connectivity index (χ4n) is 3.03. The normalized spacial score (nSPS) is 13.4. The lowest BCUT2D eigenvalue weighted by Gasteiger charge is -2.18. The smallest absolute Gasteiger partial charge is 0.332 e. The molecule has 0 saturated carbocycles. The van der Waals surface area contributed by atoms with E-state index in [1.54, 1.807) is 23.7 Å². The Morgan fingerprint density at radius 3 is 2.52 bits per heavy atom. The quantitative estimate of drug-likeness (QED) is 0.586.